The van der Waals surface area contributed by atoms with E-state index in [2.05, 4.69) is 29.5 Å². The summed E-state index contributed by atoms with van der Waals surface area (Å²) in [6, 6.07) is 5.92. The second kappa shape index (κ2) is 8.33. The van der Waals surface area contributed by atoms with Crippen molar-refractivity contribution in [3.63, 3.8) is 0 Å². The lowest BCUT2D eigenvalue weighted by atomic mass is 10.1. The van der Waals surface area contributed by atoms with Gasteiger partial charge in [-0.25, -0.2) is 4.99 Å². The Morgan fingerprint density at radius 2 is 2.08 bits per heavy atom. The summed E-state index contributed by atoms with van der Waals surface area (Å²) in [5, 5.41) is 5.78. The number of hydrogen-bond donors (Lipinski definition) is 2. The van der Waals surface area contributed by atoms with Gasteiger partial charge in [-0.05, 0) is 49.4 Å². The van der Waals surface area contributed by atoms with Crippen molar-refractivity contribution in [1.29, 1.82) is 0 Å². The molecule has 2 N–H and O–H groups in total. The summed E-state index contributed by atoms with van der Waals surface area (Å²) in [6.07, 6.45) is 1.12. The summed E-state index contributed by atoms with van der Waals surface area (Å²) in [4.78, 5) is 28.4. The van der Waals surface area contributed by atoms with Gasteiger partial charge in [0, 0.05) is 13.0 Å². The summed E-state index contributed by atoms with van der Waals surface area (Å²) in [7, 11) is 0. The summed E-state index contributed by atoms with van der Waals surface area (Å²) >= 11 is 1.32. The zero-order valence-electron chi connectivity index (χ0n) is 14.7. The molecular formula is C18H25N3O2S. The number of aliphatic imine (C=N–C) groups is 1. The summed E-state index contributed by atoms with van der Waals surface area (Å²) in [5.74, 6) is 0.309. The molecule has 1 aliphatic heterocycles. The van der Waals surface area contributed by atoms with Gasteiger partial charge < -0.3 is 10.6 Å². The fraction of sp³-hybridized carbons (Fsp3) is 0.500. The van der Waals surface area contributed by atoms with Gasteiger partial charge in [-0.1, -0.05) is 31.7 Å². The van der Waals surface area contributed by atoms with Gasteiger partial charge in [-0.15, -0.1) is 0 Å². The SMILES string of the molecule is Cc1ccc(N=C2NC(=O)[C@H](CC(=O)NCCC(C)C)S2)cc1C. The maximum absolute atomic E-state index is 12.0. The minimum Gasteiger partial charge on any atom is -0.356 e. The number of rotatable bonds is 6. The molecular weight excluding hydrogens is 322 g/mol. The maximum Gasteiger partial charge on any atom is 0.240 e. The summed E-state index contributed by atoms with van der Waals surface area (Å²) in [6.45, 7) is 8.96. The number of carbonyl (C=O) groups excluding carboxylic acids is 2. The first kappa shape index (κ1) is 18.5. The Balaban J connectivity index is 1.91. The summed E-state index contributed by atoms with van der Waals surface area (Å²) < 4.78 is 0. The van der Waals surface area contributed by atoms with Gasteiger partial charge in [-0.3, -0.25) is 9.59 Å². The van der Waals surface area contributed by atoms with Crippen LogP contribution in [0.1, 0.15) is 37.8 Å². The van der Waals surface area contributed by atoms with Crippen LogP contribution < -0.4 is 10.6 Å². The molecule has 0 saturated carbocycles. The van der Waals surface area contributed by atoms with E-state index in [1.165, 1.54) is 17.3 Å². The predicted molar refractivity (Wildman–Crippen MR) is 99.6 cm³/mol. The molecule has 0 unspecified atom stereocenters. The normalized spacial score (nSPS) is 19.0. The van der Waals surface area contributed by atoms with Crippen molar-refractivity contribution in [1.82, 2.24) is 10.6 Å². The van der Waals surface area contributed by atoms with E-state index < -0.39 is 5.25 Å². The van der Waals surface area contributed by atoms with Crippen LogP contribution in [0.2, 0.25) is 0 Å². The van der Waals surface area contributed by atoms with Crippen LogP contribution in [0.15, 0.2) is 23.2 Å². The van der Waals surface area contributed by atoms with Crippen molar-refractivity contribution in [2.45, 2.75) is 45.8 Å². The molecule has 1 saturated heterocycles. The van der Waals surface area contributed by atoms with E-state index >= 15 is 0 Å². The van der Waals surface area contributed by atoms with Crippen molar-refractivity contribution in [3.05, 3.63) is 29.3 Å². The molecule has 1 heterocycles. The highest BCUT2D eigenvalue weighted by Crippen LogP contribution is 2.26. The Bertz CT molecular complexity index is 656. The molecule has 1 fully saturated rings. The minimum absolute atomic E-state index is 0.0873. The van der Waals surface area contributed by atoms with Gasteiger partial charge in [0.25, 0.3) is 0 Å². The average Bonchev–Trinajstić information content (AvgIpc) is 2.82. The van der Waals surface area contributed by atoms with Crippen molar-refractivity contribution in [3.8, 4) is 0 Å². The minimum atomic E-state index is -0.408. The first-order valence-electron chi connectivity index (χ1n) is 8.25. The van der Waals surface area contributed by atoms with Crippen LogP contribution in [0, 0.1) is 19.8 Å². The second-order valence-corrected chi connectivity index (χ2v) is 7.71. The second-order valence-electron chi connectivity index (χ2n) is 6.52. The Labute approximate surface area is 147 Å². The molecule has 0 aromatic heterocycles. The lowest BCUT2D eigenvalue weighted by Crippen LogP contribution is -2.32. The maximum atomic E-state index is 12.0. The number of carbonyl (C=O) groups is 2. The molecule has 2 rings (SSSR count). The highest BCUT2D eigenvalue weighted by atomic mass is 32.2. The third-order valence-corrected chi connectivity index (χ3v) is 4.99. The van der Waals surface area contributed by atoms with Crippen LogP contribution in [-0.4, -0.2) is 28.8 Å². The molecule has 1 aromatic rings. The summed E-state index contributed by atoms with van der Waals surface area (Å²) in [5.41, 5.74) is 3.17. The molecule has 1 aromatic carbocycles. The number of hydrogen-bond acceptors (Lipinski definition) is 4. The molecule has 130 valence electrons. The molecule has 5 nitrogen and oxygen atoms in total. The number of amides is 2. The zero-order chi connectivity index (χ0) is 17.7. The zero-order valence-corrected chi connectivity index (χ0v) is 15.5. The highest BCUT2D eigenvalue weighted by Gasteiger charge is 2.32. The number of nitrogens with one attached hydrogen (secondary N) is 2. The molecule has 1 aliphatic rings. The Morgan fingerprint density at radius 3 is 2.75 bits per heavy atom. The number of aryl methyl sites for hydroxylation is 2. The monoisotopic (exact) mass is 347 g/mol. The quantitative estimate of drug-likeness (QED) is 0.831. The van der Waals surface area contributed by atoms with E-state index in [9.17, 15) is 9.59 Å². The van der Waals surface area contributed by atoms with E-state index in [4.69, 9.17) is 0 Å². The molecule has 2 amide bonds. The van der Waals surface area contributed by atoms with Gasteiger partial charge in [0.15, 0.2) is 5.17 Å². The van der Waals surface area contributed by atoms with E-state index in [-0.39, 0.29) is 18.2 Å². The van der Waals surface area contributed by atoms with Crippen LogP contribution in [0.4, 0.5) is 5.69 Å². The lowest BCUT2D eigenvalue weighted by Gasteiger charge is -2.08. The topological polar surface area (TPSA) is 70.6 Å². The predicted octanol–water partition coefficient (Wildman–Crippen LogP) is 3.07. The molecule has 1 atom stereocenters. The third-order valence-electron chi connectivity index (χ3n) is 3.91. The van der Waals surface area contributed by atoms with Gasteiger partial charge in [0.05, 0.1) is 5.69 Å². The standard InChI is InChI=1S/C18H25N3O2S/c1-11(2)7-8-19-16(22)10-15-17(23)21-18(24-15)20-14-6-5-12(3)13(4)9-14/h5-6,9,11,15H,7-8,10H2,1-4H3,(H,19,22)(H,20,21,23)/t15-/m0/s1. The van der Waals surface area contributed by atoms with E-state index in [1.54, 1.807) is 0 Å². The van der Waals surface area contributed by atoms with Gasteiger partial charge in [0.2, 0.25) is 11.8 Å². The van der Waals surface area contributed by atoms with Crippen LogP contribution in [0.5, 0.6) is 0 Å². The van der Waals surface area contributed by atoms with Crippen molar-refractivity contribution in [2.75, 3.05) is 6.54 Å². The number of amidine groups is 1. The third kappa shape index (κ3) is 5.37. The molecule has 0 bridgehead atoms. The van der Waals surface area contributed by atoms with E-state index in [0.29, 0.717) is 17.6 Å². The van der Waals surface area contributed by atoms with Crippen LogP contribution in [0.3, 0.4) is 0 Å². The van der Waals surface area contributed by atoms with E-state index in [0.717, 1.165) is 17.7 Å². The van der Waals surface area contributed by atoms with Crippen LogP contribution in [0.25, 0.3) is 0 Å². The molecule has 24 heavy (non-hydrogen) atoms. The van der Waals surface area contributed by atoms with Crippen LogP contribution in [-0.2, 0) is 9.59 Å². The number of benzene rings is 1. The molecule has 6 heteroatoms. The van der Waals surface area contributed by atoms with Crippen LogP contribution >= 0.6 is 11.8 Å². The Morgan fingerprint density at radius 1 is 1.33 bits per heavy atom. The fourth-order valence-electron chi connectivity index (χ4n) is 2.25. The lowest BCUT2D eigenvalue weighted by molar-refractivity contribution is -0.125. The number of nitrogens with zero attached hydrogens (tertiary/aromatic N) is 1. The molecule has 0 spiro atoms. The van der Waals surface area contributed by atoms with Crippen molar-refractivity contribution < 1.29 is 9.59 Å². The van der Waals surface area contributed by atoms with E-state index in [1.807, 2.05) is 32.0 Å². The van der Waals surface area contributed by atoms with Gasteiger partial charge in [0.1, 0.15) is 5.25 Å². The largest absolute Gasteiger partial charge is 0.356 e. The first-order chi connectivity index (χ1) is 11.3. The highest BCUT2D eigenvalue weighted by molar-refractivity contribution is 8.15. The van der Waals surface area contributed by atoms with Gasteiger partial charge >= 0.3 is 0 Å². The van der Waals surface area contributed by atoms with Gasteiger partial charge in [-0.2, -0.15) is 0 Å². The first-order valence-corrected chi connectivity index (χ1v) is 9.13. The number of thioether (sulfide) groups is 1. The van der Waals surface area contributed by atoms with Crippen molar-refractivity contribution >= 4 is 34.4 Å². The Hall–Kier alpha value is -1.82. The van der Waals surface area contributed by atoms with Crippen molar-refractivity contribution in [2.24, 2.45) is 10.9 Å². The molecule has 0 radical (unpaired) electrons. The smallest absolute Gasteiger partial charge is 0.240 e. The molecule has 0 aliphatic carbocycles. The Kier molecular flexibility index (Phi) is 6.43. The fourth-order valence-corrected chi connectivity index (χ4v) is 3.23. The average molecular weight is 347 g/mol.